The predicted molar refractivity (Wildman–Crippen MR) is 96.8 cm³/mol. The van der Waals surface area contributed by atoms with Gasteiger partial charge < -0.3 is 10.1 Å². The average Bonchev–Trinajstić information content (AvgIpc) is 3.24. The first-order chi connectivity index (χ1) is 12.8. The molecule has 2 aromatic heterocycles. The molecule has 0 aliphatic carbocycles. The largest absolute Gasteiger partial charge is 0.381 e. The second-order valence-corrected chi connectivity index (χ2v) is 6.22. The lowest BCUT2D eigenvalue weighted by molar-refractivity contribution is 0.0844. The van der Waals surface area contributed by atoms with Gasteiger partial charge in [-0.1, -0.05) is 12.1 Å². The van der Waals surface area contributed by atoms with Gasteiger partial charge in [-0.2, -0.15) is 5.10 Å². The maximum Gasteiger partial charge on any atom is 0.274 e. The van der Waals surface area contributed by atoms with Gasteiger partial charge in [0.15, 0.2) is 0 Å². The molecule has 7 heteroatoms. The Morgan fingerprint density at radius 3 is 2.65 bits per heavy atom. The van der Waals surface area contributed by atoms with Crippen LogP contribution in [0.1, 0.15) is 34.9 Å². The topological polar surface area (TPSA) is 92.8 Å². The minimum Gasteiger partial charge on any atom is -0.381 e. The third kappa shape index (κ3) is 3.62. The van der Waals surface area contributed by atoms with Crippen LogP contribution >= 0.6 is 0 Å². The Kier molecular flexibility index (Phi) is 4.70. The fourth-order valence-electron chi connectivity index (χ4n) is 3.06. The number of carbonyl (C=O) groups excluding carboxylic acids is 1. The predicted octanol–water partition coefficient (Wildman–Crippen LogP) is 3.01. The number of rotatable bonds is 4. The van der Waals surface area contributed by atoms with Crippen molar-refractivity contribution in [2.45, 2.75) is 18.8 Å². The van der Waals surface area contributed by atoms with E-state index in [1.807, 2.05) is 30.3 Å². The summed E-state index contributed by atoms with van der Waals surface area (Å²) in [6.07, 6.45) is 5.01. The van der Waals surface area contributed by atoms with Crippen molar-refractivity contribution in [1.29, 1.82) is 0 Å². The number of nitrogens with one attached hydrogen (secondary N) is 2. The Hall–Kier alpha value is -3.06. The van der Waals surface area contributed by atoms with E-state index in [0.29, 0.717) is 17.3 Å². The first-order valence-corrected chi connectivity index (χ1v) is 8.60. The summed E-state index contributed by atoms with van der Waals surface area (Å²) in [6, 6.07) is 11.2. The molecule has 0 saturated carbocycles. The van der Waals surface area contributed by atoms with Crippen molar-refractivity contribution in [2.75, 3.05) is 18.5 Å². The van der Waals surface area contributed by atoms with Gasteiger partial charge in [0.05, 0.1) is 5.69 Å². The number of H-pyrrole nitrogens is 1. The van der Waals surface area contributed by atoms with Crippen LogP contribution in [-0.4, -0.2) is 39.3 Å². The van der Waals surface area contributed by atoms with E-state index in [1.54, 1.807) is 12.3 Å². The molecule has 26 heavy (non-hydrogen) atoms. The summed E-state index contributed by atoms with van der Waals surface area (Å²) in [5, 5.41) is 9.73. The molecular formula is C19H19N5O2. The number of benzene rings is 1. The molecule has 4 rings (SSSR count). The second kappa shape index (κ2) is 7.45. The number of carbonyl (C=O) groups is 1. The summed E-state index contributed by atoms with van der Waals surface area (Å²) in [5.41, 5.74) is 3.93. The van der Waals surface area contributed by atoms with Gasteiger partial charge in [0.25, 0.3) is 5.91 Å². The number of aromatic nitrogens is 4. The van der Waals surface area contributed by atoms with Crippen LogP contribution in [0.15, 0.2) is 48.9 Å². The zero-order valence-electron chi connectivity index (χ0n) is 14.2. The second-order valence-electron chi connectivity index (χ2n) is 6.22. The van der Waals surface area contributed by atoms with Crippen LogP contribution in [0.4, 0.5) is 5.69 Å². The van der Waals surface area contributed by atoms with Crippen LogP contribution in [-0.2, 0) is 4.74 Å². The molecule has 0 bridgehead atoms. The van der Waals surface area contributed by atoms with Crippen molar-refractivity contribution in [3.63, 3.8) is 0 Å². The van der Waals surface area contributed by atoms with Crippen LogP contribution in [0, 0.1) is 0 Å². The van der Waals surface area contributed by atoms with Gasteiger partial charge in [-0.05, 0) is 42.7 Å². The molecule has 2 N–H and O–H groups in total. The van der Waals surface area contributed by atoms with Crippen molar-refractivity contribution in [1.82, 2.24) is 20.2 Å². The molecule has 0 spiro atoms. The molecule has 132 valence electrons. The Bertz CT molecular complexity index is 871. The lowest BCUT2D eigenvalue weighted by atomic mass is 9.96. The molecule has 1 fully saturated rings. The summed E-state index contributed by atoms with van der Waals surface area (Å²) in [7, 11) is 0. The molecule has 0 atom stereocenters. The molecule has 3 heterocycles. The summed E-state index contributed by atoms with van der Waals surface area (Å²) in [5.74, 6) is 0.0852. The minimum atomic E-state index is -0.241. The number of nitrogens with zero attached hydrogens (tertiary/aromatic N) is 3. The van der Waals surface area contributed by atoms with E-state index < -0.39 is 0 Å². The summed E-state index contributed by atoms with van der Waals surface area (Å²) >= 11 is 0. The van der Waals surface area contributed by atoms with E-state index in [2.05, 4.69) is 25.5 Å². The average molecular weight is 349 g/mol. The lowest BCUT2D eigenvalue weighted by Gasteiger charge is -2.21. The smallest absolute Gasteiger partial charge is 0.274 e. The zero-order chi connectivity index (χ0) is 17.8. The first kappa shape index (κ1) is 16.4. The van der Waals surface area contributed by atoms with Crippen molar-refractivity contribution in [3.8, 4) is 11.3 Å². The summed E-state index contributed by atoms with van der Waals surface area (Å²) in [4.78, 5) is 21.0. The van der Waals surface area contributed by atoms with Crippen molar-refractivity contribution < 1.29 is 9.53 Å². The van der Waals surface area contributed by atoms with Gasteiger partial charge in [-0.25, -0.2) is 9.97 Å². The van der Waals surface area contributed by atoms with Crippen LogP contribution in [0.25, 0.3) is 11.3 Å². The Morgan fingerprint density at radius 2 is 1.92 bits per heavy atom. The van der Waals surface area contributed by atoms with E-state index in [1.165, 1.54) is 6.33 Å². The quantitative estimate of drug-likeness (QED) is 0.755. The molecule has 1 aliphatic rings. The molecule has 3 aromatic rings. The number of amides is 1. The highest BCUT2D eigenvalue weighted by Crippen LogP contribution is 2.25. The molecular weight excluding hydrogens is 330 g/mol. The monoisotopic (exact) mass is 349 g/mol. The molecule has 0 radical (unpaired) electrons. The highest BCUT2D eigenvalue weighted by molar-refractivity contribution is 6.02. The van der Waals surface area contributed by atoms with Gasteiger partial charge in [0, 0.05) is 36.7 Å². The number of anilines is 1. The third-order valence-corrected chi connectivity index (χ3v) is 4.51. The van der Waals surface area contributed by atoms with E-state index in [4.69, 9.17) is 4.74 Å². The highest BCUT2D eigenvalue weighted by Gasteiger charge is 2.19. The van der Waals surface area contributed by atoms with Gasteiger partial charge >= 0.3 is 0 Å². The van der Waals surface area contributed by atoms with Gasteiger partial charge in [-0.3, -0.25) is 9.89 Å². The number of aromatic amines is 1. The van der Waals surface area contributed by atoms with Gasteiger partial charge in [-0.15, -0.1) is 0 Å². The molecule has 0 unspecified atom stereocenters. The van der Waals surface area contributed by atoms with Crippen LogP contribution in [0.2, 0.25) is 0 Å². The zero-order valence-corrected chi connectivity index (χ0v) is 14.2. The summed E-state index contributed by atoms with van der Waals surface area (Å²) < 4.78 is 5.39. The molecule has 7 nitrogen and oxygen atoms in total. The standard InChI is InChI=1S/C19H19N5O2/c25-19(18-11-17(20-12-21-18)14-6-9-26-10-7-14)23-15-3-1-13(2-4-15)16-5-8-22-24-16/h1-5,8,11-12,14H,6-7,9-10H2,(H,22,24)(H,23,25). The molecule has 1 saturated heterocycles. The highest BCUT2D eigenvalue weighted by atomic mass is 16.5. The van der Waals surface area contributed by atoms with E-state index >= 15 is 0 Å². The van der Waals surface area contributed by atoms with Gasteiger partial charge in [0.2, 0.25) is 0 Å². The van der Waals surface area contributed by atoms with E-state index in [-0.39, 0.29) is 5.91 Å². The maximum absolute atomic E-state index is 12.5. The first-order valence-electron chi connectivity index (χ1n) is 8.60. The molecule has 1 amide bonds. The van der Waals surface area contributed by atoms with Crippen LogP contribution in [0.5, 0.6) is 0 Å². The Labute approximate surface area is 150 Å². The Morgan fingerprint density at radius 1 is 1.12 bits per heavy atom. The van der Waals surface area contributed by atoms with E-state index in [0.717, 1.165) is 43.0 Å². The van der Waals surface area contributed by atoms with Crippen molar-refractivity contribution in [3.05, 3.63) is 60.3 Å². The number of hydrogen-bond donors (Lipinski definition) is 2. The lowest BCUT2D eigenvalue weighted by Crippen LogP contribution is -2.18. The fraction of sp³-hybridized carbons (Fsp3) is 0.263. The van der Waals surface area contributed by atoms with Gasteiger partial charge in [0.1, 0.15) is 12.0 Å². The van der Waals surface area contributed by atoms with Crippen molar-refractivity contribution >= 4 is 11.6 Å². The number of hydrogen-bond acceptors (Lipinski definition) is 5. The van der Waals surface area contributed by atoms with Crippen molar-refractivity contribution in [2.24, 2.45) is 0 Å². The number of ether oxygens (including phenoxy) is 1. The SMILES string of the molecule is O=C(Nc1ccc(-c2ccn[nH]2)cc1)c1cc(C2CCOCC2)ncn1. The normalized spacial score (nSPS) is 14.9. The van der Waals surface area contributed by atoms with E-state index in [9.17, 15) is 4.79 Å². The summed E-state index contributed by atoms with van der Waals surface area (Å²) in [6.45, 7) is 1.47. The van der Waals surface area contributed by atoms with Crippen LogP contribution in [0.3, 0.4) is 0 Å². The third-order valence-electron chi connectivity index (χ3n) is 4.51. The Balaban J connectivity index is 1.46. The maximum atomic E-state index is 12.5. The molecule has 1 aliphatic heterocycles. The molecule has 1 aromatic carbocycles. The fourth-order valence-corrected chi connectivity index (χ4v) is 3.06. The minimum absolute atomic E-state index is 0.241. The van der Waals surface area contributed by atoms with Crippen LogP contribution < -0.4 is 5.32 Å².